The zero-order valence-electron chi connectivity index (χ0n) is 11.0. The van der Waals surface area contributed by atoms with Crippen LogP contribution in [0.2, 0.25) is 0 Å². The molecule has 0 amide bonds. The Morgan fingerprint density at radius 3 is 3.00 bits per heavy atom. The number of anilines is 1. The first kappa shape index (κ1) is 15.2. The van der Waals surface area contributed by atoms with E-state index in [1.54, 1.807) is 0 Å². The first-order valence-corrected chi connectivity index (χ1v) is 5.89. The van der Waals surface area contributed by atoms with Gasteiger partial charge in [-0.3, -0.25) is 4.57 Å². The molecule has 11 nitrogen and oxygen atoms in total. The number of nitrogen functional groups attached to an aromatic ring is 1. The molecule has 1 saturated heterocycles. The Morgan fingerprint density at radius 2 is 2.43 bits per heavy atom. The number of hydrogen-bond donors (Lipinski definition) is 3. The van der Waals surface area contributed by atoms with Crippen molar-refractivity contribution >= 4 is 5.82 Å². The Hall–Kier alpha value is -2.17. The van der Waals surface area contributed by atoms with Gasteiger partial charge in [-0.2, -0.15) is 4.98 Å². The van der Waals surface area contributed by atoms with Crippen LogP contribution in [0, 0.1) is 0 Å². The number of nitrogens with two attached hydrogens (primary N) is 1. The number of rotatable bonds is 4. The third-order valence-corrected chi connectivity index (χ3v) is 3.09. The lowest BCUT2D eigenvalue weighted by Gasteiger charge is -2.25. The number of azide groups is 1. The van der Waals surface area contributed by atoms with Gasteiger partial charge in [0, 0.05) is 18.2 Å². The summed E-state index contributed by atoms with van der Waals surface area (Å²) in [6, 6.07) is 1.33. The summed E-state index contributed by atoms with van der Waals surface area (Å²) >= 11 is 0. The molecule has 0 aliphatic carbocycles. The van der Waals surface area contributed by atoms with E-state index in [1.165, 1.54) is 19.4 Å². The van der Waals surface area contributed by atoms with Crippen LogP contribution in [0.25, 0.3) is 10.4 Å². The molecule has 1 aliphatic heterocycles. The van der Waals surface area contributed by atoms with E-state index in [9.17, 15) is 15.0 Å². The summed E-state index contributed by atoms with van der Waals surface area (Å²) in [5, 5.41) is 23.5. The van der Waals surface area contributed by atoms with Gasteiger partial charge in [0.25, 0.3) is 0 Å². The molecule has 1 fully saturated rings. The van der Waals surface area contributed by atoms with Crippen molar-refractivity contribution in [3.8, 4) is 0 Å². The molecule has 0 saturated carbocycles. The molecule has 0 bridgehead atoms. The van der Waals surface area contributed by atoms with Crippen molar-refractivity contribution in [2.24, 2.45) is 5.11 Å². The van der Waals surface area contributed by atoms with Crippen molar-refractivity contribution in [3.63, 3.8) is 0 Å². The summed E-state index contributed by atoms with van der Waals surface area (Å²) in [6.07, 6.45) is -3.14. The van der Waals surface area contributed by atoms with Gasteiger partial charge in [-0.15, -0.1) is 0 Å². The quantitative estimate of drug-likeness (QED) is 0.353. The van der Waals surface area contributed by atoms with E-state index in [1.807, 2.05) is 0 Å². The summed E-state index contributed by atoms with van der Waals surface area (Å²) in [6.45, 7) is -0.303. The number of hydrogen-bond acceptors (Lipinski definition) is 8. The maximum absolute atomic E-state index is 11.8. The molecule has 2 heterocycles. The molecular formula is C10H14N6O5. The molecule has 2 rings (SSSR count). The van der Waals surface area contributed by atoms with Crippen LogP contribution >= 0.6 is 0 Å². The van der Waals surface area contributed by atoms with E-state index in [-0.39, 0.29) is 12.4 Å². The van der Waals surface area contributed by atoms with E-state index in [0.29, 0.717) is 0 Å². The van der Waals surface area contributed by atoms with Gasteiger partial charge in [-0.05, 0) is 11.6 Å². The normalized spacial score (nSPS) is 31.9. The van der Waals surface area contributed by atoms with Crippen molar-refractivity contribution in [1.82, 2.24) is 9.55 Å². The highest BCUT2D eigenvalue weighted by molar-refractivity contribution is 5.23. The van der Waals surface area contributed by atoms with E-state index in [2.05, 4.69) is 15.0 Å². The van der Waals surface area contributed by atoms with Crippen LogP contribution in [-0.2, 0) is 9.47 Å². The van der Waals surface area contributed by atoms with Crippen LogP contribution in [-0.4, -0.2) is 51.4 Å². The summed E-state index contributed by atoms with van der Waals surface area (Å²) in [5.41, 5.74) is 11.4. The highest BCUT2D eigenvalue weighted by Crippen LogP contribution is 2.38. The summed E-state index contributed by atoms with van der Waals surface area (Å²) < 4.78 is 11.2. The molecular weight excluding hydrogens is 284 g/mol. The Balaban J connectivity index is 2.43. The maximum Gasteiger partial charge on any atom is 0.351 e. The summed E-state index contributed by atoms with van der Waals surface area (Å²) in [7, 11) is 1.31. The highest BCUT2D eigenvalue weighted by atomic mass is 16.6. The predicted octanol–water partition coefficient (Wildman–Crippen LogP) is -1.27. The third-order valence-electron chi connectivity index (χ3n) is 3.09. The number of ether oxygens (including phenoxy) is 2. The molecule has 114 valence electrons. The Bertz CT molecular complexity index is 629. The Labute approximate surface area is 118 Å². The third kappa shape index (κ3) is 2.55. The van der Waals surface area contributed by atoms with Gasteiger partial charge in [0.05, 0.1) is 6.61 Å². The Kier molecular flexibility index (Phi) is 4.11. The molecule has 1 aromatic heterocycles. The second-order valence-electron chi connectivity index (χ2n) is 4.45. The molecule has 0 spiro atoms. The molecule has 1 aliphatic rings. The van der Waals surface area contributed by atoms with Gasteiger partial charge < -0.3 is 25.4 Å². The first-order chi connectivity index (χ1) is 9.95. The van der Waals surface area contributed by atoms with Crippen molar-refractivity contribution in [3.05, 3.63) is 33.2 Å². The lowest BCUT2D eigenvalue weighted by molar-refractivity contribution is -0.131. The highest BCUT2D eigenvalue weighted by Gasteiger charge is 2.55. The maximum atomic E-state index is 11.8. The van der Waals surface area contributed by atoms with Crippen LogP contribution in [0.5, 0.6) is 0 Å². The van der Waals surface area contributed by atoms with Gasteiger partial charge in [0.15, 0.2) is 6.23 Å². The number of aromatic nitrogens is 2. The van der Waals surface area contributed by atoms with Crippen LogP contribution in [0.15, 0.2) is 22.2 Å². The summed E-state index contributed by atoms with van der Waals surface area (Å²) in [4.78, 5) is 17.8. The zero-order valence-corrected chi connectivity index (χ0v) is 11.0. The fourth-order valence-corrected chi connectivity index (χ4v) is 2.13. The number of nitrogens with zero attached hydrogens (tertiary/aromatic N) is 5. The van der Waals surface area contributed by atoms with Gasteiger partial charge in [-0.25, -0.2) is 4.79 Å². The number of methoxy groups -OCH3 is 1. The van der Waals surface area contributed by atoms with Gasteiger partial charge >= 0.3 is 5.69 Å². The second kappa shape index (κ2) is 5.68. The summed E-state index contributed by atoms with van der Waals surface area (Å²) in [5.74, 6) is 0.00230. The molecule has 4 atom stereocenters. The second-order valence-corrected chi connectivity index (χ2v) is 4.45. The zero-order chi connectivity index (χ0) is 15.6. The van der Waals surface area contributed by atoms with Gasteiger partial charge in [0.2, 0.25) is 5.72 Å². The molecule has 0 radical (unpaired) electrons. The van der Waals surface area contributed by atoms with E-state index >= 15 is 0 Å². The lowest BCUT2D eigenvalue weighted by Crippen LogP contribution is -2.44. The van der Waals surface area contributed by atoms with Crippen molar-refractivity contribution in [2.45, 2.75) is 24.2 Å². The standard InChI is InChI=1S/C10H14N6O5/c1-20-4-10(14-15-12)7(18)6(17)8(21-10)16-3-2-5(11)13-9(16)19/h2-3,6-8,17-18H,4H2,1H3,(H2,11,13,19)/t6-,7+,8-,10-/m1/s1. The van der Waals surface area contributed by atoms with Crippen molar-refractivity contribution in [1.29, 1.82) is 0 Å². The van der Waals surface area contributed by atoms with Crippen LogP contribution in [0.1, 0.15) is 6.23 Å². The largest absolute Gasteiger partial charge is 0.387 e. The topological polar surface area (TPSA) is 169 Å². The SMILES string of the molecule is COC[C@@]1(N=[N+]=[N-])O[C@@H](n2ccc(N)nc2=O)[C@H](O)[C@@H]1O. The lowest BCUT2D eigenvalue weighted by atomic mass is 10.1. The average Bonchev–Trinajstić information content (AvgIpc) is 2.66. The van der Waals surface area contributed by atoms with Crippen LogP contribution < -0.4 is 11.4 Å². The van der Waals surface area contributed by atoms with Crippen molar-refractivity contribution in [2.75, 3.05) is 19.5 Å². The predicted molar refractivity (Wildman–Crippen MR) is 68.8 cm³/mol. The minimum absolute atomic E-state index is 0.00230. The fourth-order valence-electron chi connectivity index (χ4n) is 2.13. The first-order valence-electron chi connectivity index (χ1n) is 5.89. The molecule has 0 aromatic carbocycles. The number of aliphatic hydroxyl groups is 2. The molecule has 21 heavy (non-hydrogen) atoms. The van der Waals surface area contributed by atoms with Crippen LogP contribution in [0.4, 0.5) is 5.82 Å². The average molecular weight is 298 g/mol. The number of aliphatic hydroxyl groups excluding tert-OH is 2. The van der Waals surface area contributed by atoms with Crippen LogP contribution in [0.3, 0.4) is 0 Å². The fraction of sp³-hybridized carbons (Fsp3) is 0.600. The molecule has 1 aromatic rings. The van der Waals surface area contributed by atoms with Crippen molar-refractivity contribution < 1.29 is 19.7 Å². The monoisotopic (exact) mass is 298 g/mol. The van der Waals surface area contributed by atoms with E-state index in [4.69, 9.17) is 20.7 Å². The minimum Gasteiger partial charge on any atom is -0.387 e. The molecule has 11 heteroatoms. The smallest absolute Gasteiger partial charge is 0.351 e. The Morgan fingerprint density at radius 1 is 1.71 bits per heavy atom. The van der Waals surface area contributed by atoms with Gasteiger partial charge in [-0.1, -0.05) is 5.11 Å². The van der Waals surface area contributed by atoms with Gasteiger partial charge in [0.1, 0.15) is 18.0 Å². The minimum atomic E-state index is -1.84. The molecule has 4 N–H and O–H groups in total. The molecule has 0 unspecified atom stereocenters. The van der Waals surface area contributed by atoms with E-state index in [0.717, 1.165) is 4.57 Å². The van der Waals surface area contributed by atoms with E-state index < -0.39 is 29.9 Å².